The molecule has 2 aromatic carbocycles. The first kappa shape index (κ1) is 19.9. The number of nitrogens with zero attached hydrogens (tertiary/aromatic N) is 1. The number of ether oxygens (including phenoxy) is 1. The van der Waals surface area contributed by atoms with Gasteiger partial charge in [-0.3, -0.25) is 4.79 Å². The monoisotopic (exact) mass is 380 g/mol. The standard InChI is InChI=1S/C23H25FN2O2/c1-2-14-28-21-11-10-18(15-17(21)16-25)26-22(27)23(12-6-3-7-13-23)19-8-4-5-9-20(19)24/h4-5,8-11,15H,2-3,6-7,12-14H2,1H3,(H,26,27). The molecular weight excluding hydrogens is 355 g/mol. The Morgan fingerprint density at radius 1 is 1.21 bits per heavy atom. The number of nitrogens with one attached hydrogen (secondary N) is 1. The van der Waals surface area contributed by atoms with Crippen molar-refractivity contribution in [1.82, 2.24) is 0 Å². The van der Waals surface area contributed by atoms with E-state index in [-0.39, 0.29) is 11.7 Å². The van der Waals surface area contributed by atoms with Crippen molar-refractivity contribution in [2.45, 2.75) is 50.9 Å². The Labute approximate surface area is 165 Å². The number of anilines is 1. The Kier molecular flexibility index (Phi) is 6.30. The zero-order valence-electron chi connectivity index (χ0n) is 16.1. The largest absolute Gasteiger partial charge is 0.492 e. The number of carbonyl (C=O) groups excluding carboxylic acids is 1. The smallest absolute Gasteiger partial charge is 0.235 e. The molecule has 1 aliphatic rings. The molecule has 0 bridgehead atoms. The zero-order valence-corrected chi connectivity index (χ0v) is 16.1. The van der Waals surface area contributed by atoms with E-state index in [0.29, 0.717) is 42.0 Å². The number of benzene rings is 2. The summed E-state index contributed by atoms with van der Waals surface area (Å²) in [6, 6.07) is 13.7. The maximum absolute atomic E-state index is 14.6. The molecule has 5 heteroatoms. The van der Waals surface area contributed by atoms with Crippen molar-refractivity contribution < 1.29 is 13.9 Å². The molecule has 2 aromatic rings. The normalized spacial score (nSPS) is 15.5. The quantitative estimate of drug-likeness (QED) is 0.737. The molecule has 0 aliphatic heterocycles. The van der Waals surface area contributed by atoms with Gasteiger partial charge in [-0.1, -0.05) is 44.4 Å². The van der Waals surface area contributed by atoms with E-state index in [2.05, 4.69) is 11.4 Å². The lowest BCUT2D eigenvalue weighted by Gasteiger charge is -2.36. The van der Waals surface area contributed by atoms with Crippen LogP contribution in [0.5, 0.6) is 5.75 Å². The number of nitriles is 1. The van der Waals surface area contributed by atoms with Crippen LogP contribution < -0.4 is 10.1 Å². The Hall–Kier alpha value is -2.87. The van der Waals surface area contributed by atoms with E-state index in [0.717, 1.165) is 25.7 Å². The van der Waals surface area contributed by atoms with Crippen LogP contribution in [0, 0.1) is 17.1 Å². The number of hydrogen-bond donors (Lipinski definition) is 1. The highest BCUT2D eigenvalue weighted by Crippen LogP contribution is 2.41. The lowest BCUT2D eigenvalue weighted by Crippen LogP contribution is -2.42. The Morgan fingerprint density at radius 3 is 2.64 bits per heavy atom. The number of hydrogen-bond acceptors (Lipinski definition) is 3. The summed E-state index contributed by atoms with van der Waals surface area (Å²) in [5.74, 6) is -0.0622. The highest BCUT2D eigenvalue weighted by molar-refractivity contribution is 5.99. The van der Waals surface area contributed by atoms with E-state index in [4.69, 9.17) is 4.74 Å². The van der Waals surface area contributed by atoms with Gasteiger partial charge in [-0.05, 0) is 43.5 Å². The summed E-state index contributed by atoms with van der Waals surface area (Å²) >= 11 is 0. The van der Waals surface area contributed by atoms with Crippen LogP contribution in [0.2, 0.25) is 0 Å². The third-order valence-corrected chi connectivity index (χ3v) is 5.35. The van der Waals surface area contributed by atoms with Gasteiger partial charge in [-0.25, -0.2) is 4.39 Å². The third-order valence-electron chi connectivity index (χ3n) is 5.35. The van der Waals surface area contributed by atoms with E-state index in [1.54, 1.807) is 36.4 Å². The maximum Gasteiger partial charge on any atom is 0.235 e. The van der Waals surface area contributed by atoms with Gasteiger partial charge < -0.3 is 10.1 Å². The van der Waals surface area contributed by atoms with Crippen molar-refractivity contribution in [3.8, 4) is 11.8 Å². The summed E-state index contributed by atoms with van der Waals surface area (Å²) in [5.41, 5.74) is 0.463. The molecule has 3 rings (SSSR count). The fourth-order valence-corrected chi connectivity index (χ4v) is 3.91. The van der Waals surface area contributed by atoms with Gasteiger partial charge in [0.15, 0.2) is 0 Å². The first-order chi connectivity index (χ1) is 13.6. The van der Waals surface area contributed by atoms with E-state index in [1.165, 1.54) is 6.07 Å². The van der Waals surface area contributed by atoms with Crippen LogP contribution in [0.15, 0.2) is 42.5 Å². The molecule has 4 nitrogen and oxygen atoms in total. The van der Waals surface area contributed by atoms with Crippen LogP contribution in [-0.4, -0.2) is 12.5 Å². The van der Waals surface area contributed by atoms with Crippen molar-refractivity contribution in [2.75, 3.05) is 11.9 Å². The van der Waals surface area contributed by atoms with Crippen molar-refractivity contribution >= 4 is 11.6 Å². The summed E-state index contributed by atoms with van der Waals surface area (Å²) in [4.78, 5) is 13.3. The van der Waals surface area contributed by atoms with E-state index in [1.807, 2.05) is 6.92 Å². The van der Waals surface area contributed by atoms with Crippen molar-refractivity contribution in [3.05, 3.63) is 59.4 Å². The Morgan fingerprint density at radius 2 is 1.96 bits per heavy atom. The number of carbonyl (C=O) groups is 1. The maximum atomic E-state index is 14.6. The second-order valence-electron chi connectivity index (χ2n) is 7.25. The molecule has 28 heavy (non-hydrogen) atoms. The molecular formula is C23H25FN2O2. The summed E-state index contributed by atoms with van der Waals surface area (Å²) in [7, 11) is 0. The van der Waals surface area contributed by atoms with Gasteiger partial charge in [0.25, 0.3) is 0 Å². The zero-order chi connectivity index (χ0) is 20.0. The topological polar surface area (TPSA) is 62.1 Å². The van der Waals surface area contributed by atoms with Crippen molar-refractivity contribution in [1.29, 1.82) is 5.26 Å². The molecule has 0 spiro atoms. The fraction of sp³-hybridized carbons (Fsp3) is 0.391. The lowest BCUT2D eigenvalue weighted by atomic mass is 9.68. The summed E-state index contributed by atoms with van der Waals surface area (Å²) in [5, 5.41) is 12.3. The minimum atomic E-state index is -0.881. The van der Waals surface area contributed by atoms with Gasteiger partial charge in [0, 0.05) is 11.3 Å². The van der Waals surface area contributed by atoms with Crippen LogP contribution in [-0.2, 0) is 10.2 Å². The van der Waals surface area contributed by atoms with Crippen LogP contribution in [0.1, 0.15) is 56.6 Å². The van der Waals surface area contributed by atoms with Gasteiger partial charge in [-0.2, -0.15) is 5.26 Å². The highest BCUT2D eigenvalue weighted by Gasteiger charge is 2.42. The molecule has 146 valence electrons. The second-order valence-corrected chi connectivity index (χ2v) is 7.25. The first-order valence-corrected chi connectivity index (χ1v) is 9.84. The van der Waals surface area contributed by atoms with E-state index < -0.39 is 5.41 Å². The van der Waals surface area contributed by atoms with Crippen molar-refractivity contribution in [3.63, 3.8) is 0 Å². The summed E-state index contributed by atoms with van der Waals surface area (Å²) in [6.07, 6.45) is 4.88. The molecule has 0 saturated heterocycles. The van der Waals surface area contributed by atoms with E-state index >= 15 is 0 Å². The number of halogens is 1. The molecule has 0 aromatic heterocycles. The molecule has 1 N–H and O–H groups in total. The van der Waals surface area contributed by atoms with E-state index in [9.17, 15) is 14.4 Å². The Bertz CT molecular complexity index is 882. The van der Waals surface area contributed by atoms with Crippen LogP contribution in [0.3, 0.4) is 0 Å². The second kappa shape index (κ2) is 8.88. The molecule has 1 amide bonds. The fourth-order valence-electron chi connectivity index (χ4n) is 3.91. The average molecular weight is 380 g/mol. The first-order valence-electron chi connectivity index (χ1n) is 9.84. The van der Waals surface area contributed by atoms with Gasteiger partial charge >= 0.3 is 0 Å². The summed E-state index contributed by atoms with van der Waals surface area (Å²) < 4.78 is 20.1. The predicted molar refractivity (Wildman–Crippen MR) is 107 cm³/mol. The molecule has 0 atom stereocenters. The van der Waals surface area contributed by atoms with Crippen LogP contribution in [0.25, 0.3) is 0 Å². The molecule has 1 aliphatic carbocycles. The SMILES string of the molecule is CCCOc1ccc(NC(=O)C2(c3ccccc3F)CCCCC2)cc1C#N. The summed E-state index contributed by atoms with van der Waals surface area (Å²) in [6.45, 7) is 2.52. The van der Waals surface area contributed by atoms with Crippen molar-refractivity contribution in [2.24, 2.45) is 0 Å². The predicted octanol–water partition coefficient (Wildman–Crippen LogP) is 5.33. The number of amides is 1. The van der Waals surface area contributed by atoms with Crippen LogP contribution >= 0.6 is 0 Å². The Balaban J connectivity index is 1.89. The highest BCUT2D eigenvalue weighted by atomic mass is 19.1. The number of rotatable bonds is 6. The minimum absolute atomic E-state index is 0.219. The molecule has 0 unspecified atom stereocenters. The minimum Gasteiger partial charge on any atom is -0.492 e. The van der Waals surface area contributed by atoms with Gasteiger partial charge in [0.2, 0.25) is 5.91 Å². The molecule has 0 heterocycles. The van der Waals surface area contributed by atoms with Gasteiger partial charge in [0.05, 0.1) is 17.6 Å². The van der Waals surface area contributed by atoms with Gasteiger partial charge in [0.1, 0.15) is 17.6 Å². The lowest BCUT2D eigenvalue weighted by molar-refractivity contribution is -0.122. The average Bonchev–Trinajstić information content (AvgIpc) is 2.73. The van der Waals surface area contributed by atoms with Gasteiger partial charge in [-0.15, -0.1) is 0 Å². The third kappa shape index (κ3) is 4.01. The van der Waals surface area contributed by atoms with Crippen LogP contribution in [0.4, 0.5) is 10.1 Å². The molecule has 1 fully saturated rings. The molecule has 1 saturated carbocycles. The molecule has 0 radical (unpaired) electrons.